The number of ether oxygens (including phenoxy) is 2. The van der Waals surface area contributed by atoms with Crippen molar-refractivity contribution in [3.05, 3.63) is 78.2 Å². The van der Waals surface area contributed by atoms with Gasteiger partial charge >= 0.3 is 5.97 Å². The van der Waals surface area contributed by atoms with Crippen LogP contribution in [-0.2, 0) is 19.9 Å². The quantitative estimate of drug-likeness (QED) is 0.420. The van der Waals surface area contributed by atoms with Crippen molar-refractivity contribution in [3.63, 3.8) is 0 Å². The maximum atomic E-state index is 13.7. The predicted molar refractivity (Wildman–Crippen MR) is 129 cm³/mol. The van der Waals surface area contributed by atoms with E-state index in [2.05, 4.69) is 15.3 Å². The molecule has 2 bridgehead atoms. The van der Waals surface area contributed by atoms with Crippen LogP contribution in [0.15, 0.2) is 67.1 Å². The number of rotatable bonds is 5. The van der Waals surface area contributed by atoms with Crippen LogP contribution in [0.5, 0.6) is 11.5 Å². The van der Waals surface area contributed by atoms with Crippen LogP contribution in [0.4, 0.5) is 5.82 Å². The lowest BCUT2D eigenvalue weighted by molar-refractivity contribution is -0.939. The SMILES string of the molecule is O=C(C[N+]12CCC(CC1)[C@@H](OC(=O)C1(O)c3ccccc3Oc3ccccc31)C2)Nc1cnccn1. The molecule has 5 heterocycles. The predicted octanol–water partition coefficient (Wildman–Crippen LogP) is 2.61. The first kappa shape index (κ1) is 22.6. The molecule has 3 fully saturated rings. The number of hydrogen-bond donors (Lipinski definition) is 2. The van der Waals surface area contributed by atoms with Crippen molar-refractivity contribution in [2.45, 2.75) is 24.5 Å². The second-order valence-electron chi connectivity index (χ2n) is 9.85. The number of nitrogens with one attached hydrogen (secondary N) is 1. The molecule has 9 nitrogen and oxygen atoms in total. The largest absolute Gasteiger partial charge is 0.457 e. The lowest BCUT2D eigenvalue weighted by Gasteiger charge is -2.51. The Bertz CT molecular complexity index is 1260. The van der Waals surface area contributed by atoms with E-state index in [1.165, 1.54) is 12.4 Å². The summed E-state index contributed by atoms with van der Waals surface area (Å²) in [6.45, 7) is 2.48. The number of hydrogen-bond acceptors (Lipinski definition) is 7. The van der Waals surface area contributed by atoms with Crippen LogP contribution in [0.1, 0.15) is 24.0 Å². The maximum absolute atomic E-state index is 13.7. The number of aromatic nitrogens is 2. The van der Waals surface area contributed by atoms with Crippen molar-refractivity contribution in [2.24, 2.45) is 5.92 Å². The molecule has 4 aliphatic heterocycles. The van der Waals surface area contributed by atoms with Gasteiger partial charge in [-0.05, 0) is 12.1 Å². The monoisotopic (exact) mass is 487 g/mol. The number of nitrogens with zero attached hydrogens (tertiary/aromatic N) is 3. The summed E-state index contributed by atoms with van der Waals surface area (Å²) in [6.07, 6.45) is 5.90. The van der Waals surface area contributed by atoms with E-state index in [4.69, 9.17) is 9.47 Å². The number of aliphatic hydroxyl groups is 1. The fourth-order valence-electron chi connectivity index (χ4n) is 5.84. The third kappa shape index (κ3) is 3.81. The average molecular weight is 488 g/mol. The highest BCUT2D eigenvalue weighted by atomic mass is 16.6. The van der Waals surface area contributed by atoms with E-state index in [0.29, 0.717) is 39.5 Å². The standard InChI is InChI=1S/C27H26N4O5/c32-25(30-24-15-28-11-12-29-24)17-31-13-9-18(10-14-31)23(16-31)36-26(33)27(34)19-5-1-3-7-21(19)35-22-8-4-2-6-20(22)27/h1-8,11-12,15,18,23,34H,9-10,13-14,16-17H2/p+1/t18?,23-,31?/m0/s1. The number of fused-ring (bicyclic) bond motifs is 5. The fraction of sp³-hybridized carbons (Fsp3) is 0.333. The highest BCUT2D eigenvalue weighted by Gasteiger charge is 2.53. The normalized spacial score (nSPS) is 25.1. The highest BCUT2D eigenvalue weighted by Crippen LogP contribution is 2.48. The molecule has 0 unspecified atom stereocenters. The number of carbonyl (C=O) groups excluding carboxylic acids is 2. The second kappa shape index (κ2) is 8.69. The van der Waals surface area contributed by atoms with Gasteiger partial charge in [-0.1, -0.05) is 36.4 Å². The first-order valence-electron chi connectivity index (χ1n) is 12.2. The van der Waals surface area contributed by atoms with Gasteiger partial charge < -0.3 is 24.4 Å². The van der Waals surface area contributed by atoms with Crippen molar-refractivity contribution < 1.29 is 28.7 Å². The summed E-state index contributed by atoms with van der Waals surface area (Å²) < 4.78 is 12.6. The van der Waals surface area contributed by atoms with Crippen LogP contribution in [0.3, 0.4) is 0 Å². The van der Waals surface area contributed by atoms with Gasteiger partial charge in [-0.25, -0.2) is 9.78 Å². The van der Waals surface area contributed by atoms with Crippen molar-refractivity contribution in [1.82, 2.24) is 9.97 Å². The molecule has 7 rings (SSSR count). The molecule has 2 aromatic carbocycles. The third-order valence-corrected chi connectivity index (χ3v) is 7.68. The zero-order valence-corrected chi connectivity index (χ0v) is 19.7. The molecule has 184 valence electrons. The smallest absolute Gasteiger partial charge is 0.348 e. The van der Waals surface area contributed by atoms with Crippen molar-refractivity contribution in [3.8, 4) is 11.5 Å². The molecule has 3 saturated heterocycles. The molecule has 1 aromatic heterocycles. The minimum absolute atomic E-state index is 0.146. The van der Waals surface area contributed by atoms with Gasteiger partial charge in [-0.2, -0.15) is 0 Å². The number of para-hydroxylation sites is 2. The van der Waals surface area contributed by atoms with Crippen molar-refractivity contribution in [1.29, 1.82) is 0 Å². The number of quaternary nitrogens is 1. The molecular weight excluding hydrogens is 460 g/mol. The number of anilines is 1. The Hall–Kier alpha value is -3.82. The lowest BCUT2D eigenvalue weighted by Crippen LogP contribution is -2.66. The van der Waals surface area contributed by atoms with E-state index in [-0.39, 0.29) is 18.4 Å². The van der Waals surface area contributed by atoms with E-state index in [9.17, 15) is 14.7 Å². The van der Waals surface area contributed by atoms with Crippen molar-refractivity contribution in [2.75, 3.05) is 31.5 Å². The Morgan fingerprint density at radius 1 is 1.06 bits per heavy atom. The Kier molecular flexibility index (Phi) is 5.46. The molecule has 9 heteroatoms. The number of benzene rings is 2. The molecule has 3 aromatic rings. The molecule has 1 amide bonds. The van der Waals surface area contributed by atoms with Gasteiger partial charge in [0.25, 0.3) is 5.91 Å². The highest BCUT2D eigenvalue weighted by molar-refractivity contribution is 5.90. The van der Waals surface area contributed by atoms with E-state index >= 15 is 0 Å². The number of amides is 1. The average Bonchev–Trinajstić information content (AvgIpc) is 2.90. The molecule has 0 aliphatic carbocycles. The first-order chi connectivity index (χ1) is 17.5. The molecule has 0 spiro atoms. The Labute approximate surface area is 208 Å². The summed E-state index contributed by atoms with van der Waals surface area (Å²) in [5.41, 5.74) is -1.25. The van der Waals surface area contributed by atoms with Gasteiger partial charge in [0.15, 0.2) is 18.5 Å². The Morgan fingerprint density at radius 2 is 1.72 bits per heavy atom. The van der Waals surface area contributed by atoms with Crippen molar-refractivity contribution >= 4 is 17.7 Å². The summed E-state index contributed by atoms with van der Waals surface area (Å²) in [5.74, 6) is 0.599. The summed E-state index contributed by atoms with van der Waals surface area (Å²) in [4.78, 5) is 34.6. The van der Waals surface area contributed by atoms with Gasteiger partial charge in [0, 0.05) is 42.3 Å². The van der Waals surface area contributed by atoms with Crippen LogP contribution >= 0.6 is 0 Å². The maximum Gasteiger partial charge on any atom is 0.348 e. The number of piperidine rings is 3. The summed E-state index contributed by atoms with van der Waals surface area (Å²) in [7, 11) is 0. The van der Waals surface area contributed by atoms with E-state index < -0.39 is 17.7 Å². The topological polar surface area (TPSA) is 111 Å². The minimum Gasteiger partial charge on any atom is -0.457 e. The van der Waals surface area contributed by atoms with Gasteiger partial charge in [0.1, 0.15) is 18.0 Å². The summed E-state index contributed by atoms with van der Waals surface area (Å²) in [5, 5.41) is 14.7. The van der Waals surface area contributed by atoms with Crippen LogP contribution in [0, 0.1) is 5.92 Å². The van der Waals surface area contributed by atoms with Gasteiger partial charge in [-0.15, -0.1) is 0 Å². The lowest BCUT2D eigenvalue weighted by atomic mass is 9.81. The van der Waals surface area contributed by atoms with Gasteiger partial charge in [0.05, 0.1) is 19.3 Å². The summed E-state index contributed by atoms with van der Waals surface area (Å²) in [6, 6.07) is 14.0. The number of carbonyl (C=O) groups is 2. The van der Waals surface area contributed by atoms with E-state index in [0.717, 1.165) is 25.9 Å². The summed E-state index contributed by atoms with van der Waals surface area (Å²) >= 11 is 0. The molecule has 0 saturated carbocycles. The Morgan fingerprint density at radius 3 is 2.36 bits per heavy atom. The fourth-order valence-corrected chi connectivity index (χ4v) is 5.84. The molecule has 4 aliphatic rings. The second-order valence-corrected chi connectivity index (χ2v) is 9.85. The molecule has 36 heavy (non-hydrogen) atoms. The minimum atomic E-state index is -1.98. The Balaban J connectivity index is 1.23. The van der Waals surface area contributed by atoms with Crippen LogP contribution < -0.4 is 10.1 Å². The molecule has 1 atom stereocenters. The van der Waals surface area contributed by atoms with Crippen LogP contribution in [0.2, 0.25) is 0 Å². The first-order valence-corrected chi connectivity index (χ1v) is 12.2. The zero-order valence-electron chi connectivity index (χ0n) is 19.7. The van der Waals surface area contributed by atoms with Crippen LogP contribution in [0.25, 0.3) is 0 Å². The zero-order chi connectivity index (χ0) is 24.8. The molecule has 0 radical (unpaired) electrons. The van der Waals surface area contributed by atoms with E-state index in [1.54, 1.807) is 54.7 Å². The molecule has 2 N–H and O–H groups in total. The van der Waals surface area contributed by atoms with Gasteiger partial charge in [0.2, 0.25) is 5.60 Å². The molecular formula is C27H27N4O5+. The van der Waals surface area contributed by atoms with Crippen LogP contribution in [-0.4, -0.2) is 63.7 Å². The van der Waals surface area contributed by atoms with E-state index in [1.807, 2.05) is 0 Å². The van der Waals surface area contributed by atoms with Gasteiger partial charge in [-0.3, -0.25) is 9.78 Å². The number of esters is 1. The third-order valence-electron chi connectivity index (χ3n) is 7.68.